The molecule has 3 heterocycles. The molecule has 0 bridgehead atoms. The molecule has 1 aliphatic heterocycles. The van der Waals surface area contributed by atoms with Crippen molar-refractivity contribution < 1.29 is 9.59 Å². The van der Waals surface area contributed by atoms with Gasteiger partial charge in [-0.05, 0) is 30.3 Å². The number of aromatic amines is 1. The van der Waals surface area contributed by atoms with Crippen molar-refractivity contribution in [2.24, 2.45) is 0 Å². The van der Waals surface area contributed by atoms with Crippen molar-refractivity contribution in [1.82, 2.24) is 20.4 Å². The first kappa shape index (κ1) is 23.1. The fraction of sp³-hybridized carbons (Fsp3) is 0.269. The molecule has 0 aliphatic carbocycles. The number of nitrogens with one attached hydrogen (secondary N) is 3. The molecule has 2 amide bonds. The predicted molar refractivity (Wildman–Crippen MR) is 140 cm³/mol. The van der Waals surface area contributed by atoms with Gasteiger partial charge >= 0.3 is 0 Å². The second-order valence-electron chi connectivity index (χ2n) is 8.49. The maximum atomic E-state index is 13.3. The van der Waals surface area contributed by atoms with E-state index in [1.54, 1.807) is 6.07 Å². The van der Waals surface area contributed by atoms with Crippen LogP contribution in [0, 0.1) is 0 Å². The van der Waals surface area contributed by atoms with Crippen LogP contribution in [-0.4, -0.2) is 59.6 Å². The number of carbonyl (C=O) groups excluding carboxylic acids is 2. The Kier molecular flexibility index (Phi) is 6.78. The molecular formula is C26H28N6O2S. The lowest BCUT2D eigenvalue weighted by atomic mass is 10.1. The molecule has 2 aromatic heterocycles. The van der Waals surface area contributed by atoms with Crippen molar-refractivity contribution >= 4 is 44.9 Å². The minimum absolute atomic E-state index is 0.155. The molecule has 0 saturated carbocycles. The minimum atomic E-state index is -0.213. The van der Waals surface area contributed by atoms with Crippen LogP contribution in [0.15, 0.2) is 60.7 Å². The maximum Gasteiger partial charge on any atom is 0.261 e. The van der Waals surface area contributed by atoms with Crippen molar-refractivity contribution in [2.75, 3.05) is 42.9 Å². The van der Waals surface area contributed by atoms with E-state index in [0.29, 0.717) is 22.8 Å². The molecule has 4 aromatic rings. The van der Waals surface area contributed by atoms with Gasteiger partial charge in [0.25, 0.3) is 11.8 Å². The topological polar surface area (TPSA) is 93.4 Å². The van der Waals surface area contributed by atoms with E-state index < -0.39 is 0 Å². The molecule has 9 heteroatoms. The molecule has 1 fully saturated rings. The lowest BCUT2D eigenvalue weighted by Gasteiger charge is -2.36. The van der Waals surface area contributed by atoms with Crippen LogP contribution < -0.4 is 15.5 Å². The van der Waals surface area contributed by atoms with Gasteiger partial charge in [-0.3, -0.25) is 14.7 Å². The Morgan fingerprint density at radius 1 is 1.00 bits per heavy atom. The van der Waals surface area contributed by atoms with E-state index in [1.165, 1.54) is 11.3 Å². The standard InChI is InChI=1S/C26H28N6O2S/c1-2-31-12-14-32(15-13-31)21-11-7-6-10-19(21)25(33)28-24-23-20(29-30-24)16-22(35-23)26(34)27-17-18-8-4-3-5-9-18/h3-11,16H,2,12-15,17H2,1H3,(H,27,34)(H2,28,29,30,33). The van der Waals surface area contributed by atoms with Gasteiger partial charge in [0.15, 0.2) is 5.82 Å². The number of para-hydroxylation sites is 1. The highest BCUT2D eigenvalue weighted by Gasteiger charge is 2.22. The summed E-state index contributed by atoms with van der Waals surface area (Å²) in [5, 5.41) is 13.1. The number of carbonyl (C=O) groups is 2. The lowest BCUT2D eigenvalue weighted by molar-refractivity contribution is 0.0954. The number of nitrogens with zero attached hydrogens (tertiary/aromatic N) is 3. The molecule has 0 spiro atoms. The number of fused-ring (bicyclic) bond motifs is 1. The van der Waals surface area contributed by atoms with E-state index in [-0.39, 0.29) is 11.8 Å². The van der Waals surface area contributed by atoms with E-state index in [9.17, 15) is 9.59 Å². The Labute approximate surface area is 207 Å². The zero-order valence-electron chi connectivity index (χ0n) is 19.6. The Bertz CT molecular complexity index is 1320. The van der Waals surface area contributed by atoms with Gasteiger partial charge in [0.05, 0.1) is 20.7 Å². The number of aromatic nitrogens is 2. The maximum absolute atomic E-state index is 13.3. The van der Waals surface area contributed by atoms with Crippen molar-refractivity contribution in [3.05, 3.63) is 76.7 Å². The Balaban J connectivity index is 1.29. The third kappa shape index (κ3) is 5.06. The van der Waals surface area contributed by atoms with Gasteiger partial charge < -0.3 is 20.4 Å². The first-order valence-corrected chi connectivity index (χ1v) is 12.6. The fourth-order valence-corrected chi connectivity index (χ4v) is 5.27. The van der Waals surface area contributed by atoms with Gasteiger partial charge in [-0.25, -0.2) is 0 Å². The van der Waals surface area contributed by atoms with Gasteiger partial charge in [-0.2, -0.15) is 5.10 Å². The third-order valence-electron chi connectivity index (χ3n) is 6.30. The van der Waals surface area contributed by atoms with E-state index >= 15 is 0 Å². The number of thiophene rings is 1. The van der Waals surface area contributed by atoms with Crippen LogP contribution in [0.1, 0.15) is 32.5 Å². The number of benzene rings is 2. The van der Waals surface area contributed by atoms with E-state index in [4.69, 9.17) is 0 Å². The van der Waals surface area contributed by atoms with Crippen molar-refractivity contribution in [2.45, 2.75) is 13.5 Å². The molecule has 0 atom stereocenters. The molecule has 5 rings (SSSR count). The summed E-state index contributed by atoms with van der Waals surface area (Å²) >= 11 is 1.31. The molecule has 0 unspecified atom stereocenters. The number of amides is 2. The number of piperazine rings is 1. The van der Waals surface area contributed by atoms with Crippen LogP contribution in [0.2, 0.25) is 0 Å². The number of hydrogen-bond acceptors (Lipinski definition) is 6. The van der Waals surface area contributed by atoms with Crippen LogP contribution >= 0.6 is 11.3 Å². The third-order valence-corrected chi connectivity index (χ3v) is 7.44. The highest BCUT2D eigenvalue weighted by atomic mass is 32.1. The highest BCUT2D eigenvalue weighted by molar-refractivity contribution is 7.21. The van der Waals surface area contributed by atoms with Crippen LogP contribution in [0.5, 0.6) is 0 Å². The molecular weight excluding hydrogens is 460 g/mol. The monoisotopic (exact) mass is 488 g/mol. The van der Waals surface area contributed by atoms with Gasteiger partial charge in [0, 0.05) is 38.4 Å². The van der Waals surface area contributed by atoms with Gasteiger partial charge in [0.2, 0.25) is 0 Å². The normalized spacial score (nSPS) is 14.3. The predicted octanol–water partition coefficient (Wildman–Crippen LogP) is 3.95. The number of anilines is 2. The summed E-state index contributed by atoms with van der Waals surface area (Å²) < 4.78 is 0.747. The van der Waals surface area contributed by atoms with Crippen molar-refractivity contribution in [1.29, 1.82) is 0 Å². The summed E-state index contributed by atoms with van der Waals surface area (Å²) in [6.45, 7) is 7.40. The van der Waals surface area contributed by atoms with Crippen LogP contribution in [0.25, 0.3) is 10.2 Å². The Morgan fingerprint density at radius 3 is 2.51 bits per heavy atom. The first-order chi connectivity index (χ1) is 17.1. The molecule has 8 nitrogen and oxygen atoms in total. The number of likely N-dealkylation sites (N-methyl/N-ethyl adjacent to an activating group) is 1. The summed E-state index contributed by atoms with van der Waals surface area (Å²) in [4.78, 5) is 31.2. The van der Waals surface area contributed by atoms with E-state index in [1.807, 2.05) is 54.6 Å². The smallest absolute Gasteiger partial charge is 0.261 e. The van der Waals surface area contributed by atoms with Gasteiger partial charge in [0.1, 0.15) is 0 Å². The van der Waals surface area contributed by atoms with Crippen LogP contribution in [0.3, 0.4) is 0 Å². The first-order valence-electron chi connectivity index (χ1n) is 11.8. The lowest BCUT2D eigenvalue weighted by Crippen LogP contribution is -2.46. The van der Waals surface area contributed by atoms with Crippen molar-refractivity contribution in [3.63, 3.8) is 0 Å². The molecule has 1 aliphatic rings. The average molecular weight is 489 g/mol. The van der Waals surface area contributed by atoms with Crippen molar-refractivity contribution in [3.8, 4) is 0 Å². The minimum Gasteiger partial charge on any atom is -0.368 e. The highest BCUT2D eigenvalue weighted by Crippen LogP contribution is 2.31. The average Bonchev–Trinajstić information content (AvgIpc) is 3.50. The molecule has 35 heavy (non-hydrogen) atoms. The van der Waals surface area contributed by atoms with E-state index in [2.05, 4.69) is 37.6 Å². The summed E-state index contributed by atoms with van der Waals surface area (Å²) in [5.41, 5.74) is 3.30. The number of H-pyrrole nitrogens is 1. The zero-order valence-corrected chi connectivity index (χ0v) is 20.4. The number of hydrogen-bond donors (Lipinski definition) is 3. The Hall–Kier alpha value is -3.69. The second kappa shape index (κ2) is 10.3. The van der Waals surface area contributed by atoms with Gasteiger partial charge in [-0.15, -0.1) is 11.3 Å². The van der Waals surface area contributed by atoms with Crippen LogP contribution in [-0.2, 0) is 6.54 Å². The van der Waals surface area contributed by atoms with Gasteiger partial charge in [-0.1, -0.05) is 49.4 Å². The molecule has 1 saturated heterocycles. The van der Waals surface area contributed by atoms with E-state index in [0.717, 1.165) is 54.2 Å². The molecule has 3 N–H and O–H groups in total. The second-order valence-corrected chi connectivity index (χ2v) is 9.54. The number of rotatable bonds is 7. The molecule has 0 radical (unpaired) electrons. The van der Waals surface area contributed by atoms with Crippen LogP contribution in [0.4, 0.5) is 11.5 Å². The zero-order chi connectivity index (χ0) is 24.2. The largest absolute Gasteiger partial charge is 0.368 e. The molecule has 2 aromatic carbocycles. The molecule has 180 valence electrons. The summed E-state index contributed by atoms with van der Waals surface area (Å²) in [6, 6.07) is 19.2. The summed E-state index contributed by atoms with van der Waals surface area (Å²) in [5.74, 6) is 0.0652. The Morgan fingerprint density at radius 2 is 1.74 bits per heavy atom. The summed E-state index contributed by atoms with van der Waals surface area (Å²) in [6.07, 6.45) is 0. The SMILES string of the molecule is CCN1CCN(c2ccccc2C(=O)Nc2n[nH]c3cc(C(=O)NCc4ccccc4)sc23)CC1. The quantitative estimate of drug-likeness (QED) is 0.366. The fourth-order valence-electron chi connectivity index (χ4n) is 4.30. The summed E-state index contributed by atoms with van der Waals surface area (Å²) in [7, 11) is 0.